The maximum absolute atomic E-state index is 3.62. The highest BCUT2D eigenvalue weighted by Crippen LogP contribution is 2.34. The number of nitrogens with zero attached hydrogens (tertiary/aromatic N) is 1. The van der Waals surface area contributed by atoms with Gasteiger partial charge in [-0.05, 0) is 51.2 Å². The summed E-state index contributed by atoms with van der Waals surface area (Å²) in [6, 6.07) is 9.66. The number of para-hydroxylation sites is 1. The van der Waals surface area contributed by atoms with Gasteiger partial charge in [-0.25, -0.2) is 0 Å². The third kappa shape index (κ3) is 4.52. The Bertz CT molecular complexity index is 427. The minimum Gasteiger partial charge on any atom is -0.368 e. The molecule has 0 radical (unpaired) electrons. The van der Waals surface area contributed by atoms with Gasteiger partial charge in [-0.1, -0.05) is 32.0 Å². The van der Waals surface area contributed by atoms with Crippen LogP contribution in [0.25, 0.3) is 0 Å². The van der Waals surface area contributed by atoms with Crippen LogP contribution in [0.4, 0.5) is 5.69 Å². The van der Waals surface area contributed by atoms with E-state index in [1.807, 2.05) is 0 Å². The van der Waals surface area contributed by atoms with Gasteiger partial charge in [0.2, 0.25) is 0 Å². The van der Waals surface area contributed by atoms with E-state index in [4.69, 9.17) is 0 Å². The summed E-state index contributed by atoms with van der Waals surface area (Å²) in [4.78, 5) is 2.63. The van der Waals surface area contributed by atoms with E-state index in [9.17, 15) is 0 Å². The van der Waals surface area contributed by atoms with Crippen molar-refractivity contribution < 1.29 is 0 Å². The van der Waals surface area contributed by atoms with Crippen LogP contribution in [-0.2, 0) is 6.54 Å². The Hall–Kier alpha value is -1.02. The largest absolute Gasteiger partial charge is 0.368 e. The van der Waals surface area contributed by atoms with E-state index in [1.165, 1.54) is 24.1 Å². The Morgan fingerprint density at radius 3 is 2.40 bits per heavy atom. The lowest BCUT2D eigenvalue weighted by Gasteiger charge is -2.30. The molecule has 0 bridgehead atoms. The average molecular weight is 274 g/mol. The van der Waals surface area contributed by atoms with Crippen LogP contribution >= 0.6 is 0 Å². The second-order valence-electron chi connectivity index (χ2n) is 7.51. The summed E-state index contributed by atoms with van der Waals surface area (Å²) >= 11 is 0. The number of hydrogen-bond acceptors (Lipinski definition) is 2. The molecule has 0 atom stereocenters. The summed E-state index contributed by atoms with van der Waals surface area (Å²) in [5.74, 6) is 0.708. The van der Waals surface area contributed by atoms with Gasteiger partial charge >= 0.3 is 0 Å². The molecule has 0 amide bonds. The second kappa shape index (κ2) is 6.17. The topological polar surface area (TPSA) is 15.3 Å². The van der Waals surface area contributed by atoms with Gasteiger partial charge in [0.15, 0.2) is 0 Å². The van der Waals surface area contributed by atoms with Crippen molar-refractivity contribution in [3.05, 3.63) is 29.8 Å². The smallest absolute Gasteiger partial charge is 0.0414 e. The lowest BCUT2D eigenvalue weighted by atomic mass is 10.1. The Balaban J connectivity index is 2.16. The van der Waals surface area contributed by atoms with Gasteiger partial charge in [-0.2, -0.15) is 0 Å². The Morgan fingerprint density at radius 2 is 1.85 bits per heavy atom. The fourth-order valence-electron chi connectivity index (χ4n) is 2.52. The standard InChI is InChI=1S/C18H30N2/c1-14(2)13-20(16-10-11-16)17-9-7-6-8-15(17)12-19-18(3,4)5/h6-9,14,16,19H,10-13H2,1-5H3. The lowest BCUT2D eigenvalue weighted by molar-refractivity contribution is 0.424. The summed E-state index contributed by atoms with van der Waals surface area (Å²) in [6.45, 7) is 13.4. The van der Waals surface area contributed by atoms with Gasteiger partial charge in [0.05, 0.1) is 0 Å². The molecule has 1 fully saturated rings. The zero-order valence-electron chi connectivity index (χ0n) is 13.7. The summed E-state index contributed by atoms with van der Waals surface area (Å²) in [6.07, 6.45) is 2.71. The average Bonchev–Trinajstić information content (AvgIpc) is 3.17. The highest BCUT2D eigenvalue weighted by atomic mass is 15.2. The van der Waals surface area contributed by atoms with Crippen molar-refractivity contribution in [2.24, 2.45) is 5.92 Å². The maximum Gasteiger partial charge on any atom is 0.0414 e. The van der Waals surface area contributed by atoms with E-state index in [1.54, 1.807) is 0 Å². The summed E-state index contributed by atoms with van der Waals surface area (Å²) < 4.78 is 0. The molecule has 112 valence electrons. The molecule has 1 aliphatic rings. The Kier molecular flexibility index (Phi) is 4.74. The number of nitrogens with one attached hydrogen (secondary N) is 1. The van der Waals surface area contributed by atoms with Gasteiger partial charge < -0.3 is 10.2 Å². The summed E-state index contributed by atoms with van der Waals surface area (Å²) in [5.41, 5.74) is 3.02. The van der Waals surface area contributed by atoms with E-state index in [-0.39, 0.29) is 5.54 Å². The highest BCUT2D eigenvalue weighted by Gasteiger charge is 2.30. The third-order valence-electron chi connectivity index (χ3n) is 3.66. The van der Waals surface area contributed by atoms with Crippen molar-refractivity contribution in [3.8, 4) is 0 Å². The van der Waals surface area contributed by atoms with Crippen molar-refractivity contribution in [1.82, 2.24) is 5.32 Å². The quantitative estimate of drug-likeness (QED) is 0.836. The first-order chi connectivity index (χ1) is 9.37. The van der Waals surface area contributed by atoms with Gasteiger partial charge in [0.25, 0.3) is 0 Å². The molecular formula is C18H30N2. The monoisotopic (exact) mass is 274 g/mol. The summed E-state index contributed by atoms with van der Waals surface area (Å²) in [5, 5.41) is 3.62. The first-order valence-corrected chi connectivity index (χ1v) is 7.96. The minimum atomic E-state index is 0.162. The van der Waals surface area contributed by atoms with Gasteiger partial charge in [0.1, 0.15) is 0 Å². The Labute approximate surface area is 124 Å². The molecule has 0 aromatic heterocycles. The van der Waals surface area contributed by atoms with Crippen molar-refractivity contribution in [2.45, 2.75) is 65.6 Å². The molecule has 2 heteroatoms. The highest BCUT2D eigenvalue weighted by molar-refractivity contribution is 5.55. The molecule has 1 N–H and O–H groups in total. The molecule has 1 aliphatic carbocycles. The third-order valence-corrected chi connectivity index (χ3v) is 3.66. The number of anilines is 1. The van der Waals surface area contributed by atoms with E-state index < -0.39 is 0 Å². The van der Waals surface area contributed by atoms with Gasteiger partial charge in [0, 0.05) is 30.4 Å². The SMILES string of the molecule is CC(C)CN(c1ccccc1CNC(C)(C)C)C1CC1. The zero-order valence-corrected chi connectivity index (χ0v) is 13.7. The van der Waals surface area contributed by atoms with Crippen LogP contribution in [0.3, 0.4) is 0 Å². The second-order valence-corrected chi connectivity index (χ2v) is 7.51. The lowest BCUT2D eigenvalue weighted by Crippen LogP contribution is -2.36. The maximum atomic E-state index is 3.62. The van der Waals surface area contributed by atoms with E-state index in [0.717, 1.165) is 19.1 Å². The molecule has 1 aromatic carbocycles. The van der Waals surface area contributed by atoms with Crippen molar-refractivity contribution in [2.75, 3.05) is 11.4 Å². The van der Waals surface area contributed by atoms with Crippen molar-refractivity contribution >= 4 is 5.69 Å². The van der Waals surface area contributed by atoms with Crippen LogP contribution in [0.1, 0.15) is 53.0 Å². The number of benzene rings is 1. The molecule has 20 heavy (non-hydrogen) atoms. The van der Waals surface area contributed by atoms with Crippen LogP contribution in [0, 0.1) is 5.92 Å². The molecule has 0 heterocycles. The van der Waals surface area contributed by atoms with E-state index in [2.05, 4.69) is 69.1 Å². The van der Waals surface area contributed by atoms with Crippen LogP contribution in [0.15, 0.2) is 24.3 Å². The number of rotatable bonds is 6. The molecule has 0 saturated heterocycles. The first-order valence-electron chi connectivity index (χ1n) is 7.96. The molecule has 2 nitrogen and oxygen atoms in total. The predicted molar refractivity (Wildman–Crippen MR) is 88.2 cm³/mol. The van der Waals surface area contributed by atoms with Crippen molar-refractivity contribution in [3.63, 3.8) is 0 Å². The molecule has 1 saturated carbocycles. The predicted octanol–water partition coefficient (Wildman–Crippen LogP) is 4.20. The first kappa shape index (κ1) is 15.4. The molecule has 1 aromatic rings. The van der Waals surface area contributed by atoms with Crippen molar-refractivity contribution in [1.29, 1.82) is 0 Å². The molecule has 0 unspecified atom stereocenters. The normalized spacial score (nSPS) is 15.7. The van der Waals surface area contributed by atoms with E-state index >= 15 is 0 Å². The fraction of sp³-hybridized carbons (Fsp3) is 0.667. The molecule has 2 rings (SSSR count). The van der Waals surface area contributed by atoms with Crippen LogP contribution in [-0.4, -0.2) is 18.1 Å². The zero-order chi connectivity index (χ0) is 14.8. The minimum absolute atomic E-state index is 0.162. The van der Waals surface area contributed by atoms with E-state index in [0.29, 0.717) is 5.92 Å². The van der Waals surface area contributed by atoms with Crippen LogP contribution < -0.4 is 10.2 Å². The summed E-state index contributed by atoms with van der Waals surface area (Å²) in [7, 11) is 0. The molecular weight excluding hydrogens is 244 g/mol. The number of hydrogen-bond donors (Lipinski definition) is 1. The Morgan fingerprint density at radius 1 is 1.20 bits per heavy atom. The van der Waals surface area contributed by atoms with Crippen LogP contribution in [0.5, 0.6) is 0 Å². The molecule has 0 aliphatic heterocycles. The fourth-order valence-corrected chi connectivity index (χ4v) is 2.52. The molecule has 0 spiro atoms. The van der Waals surface area contributed by atoms with Gasteiger partial charge in [-0.3, -0.25) is 0 Å². The van der Waals surface area contributed by atoms with Crippen LogP contribution in [0.2, 0.25) is 0 Å². The van der Waals surface area contributed by atoms with Gasteiger partial charge in [-0.15, -0.1) is 0 Å².